The molecule has 20 heavy (non-hydrogen) atoms. The molecular weight excluding hydrogens is 248 g/mol. The van der Waals surface area contributed by atoms with Gasteiger partial charge in [-0.05, 0) is 23.3 Å². The maximum atomic E-state index is 9.51. The van der Waals surface area contributed by atoms with E-state index in [9.17, 15) is 5.11 Å². The standard InChI is InChI=1S/C17H22N2O/c1-19(2)16-10-8-14(9-11-16)12-18-17(13-20)15-6-4-3-5-7-15/h3-11,17-18,20H,12-13H2,1-2H3. The second-order valence-electron chi connectivity index (χ2n) is 5.09. The molecule has 1 atom stereocenters. The van der Waals surface area contributed by atoms with Crippen molar-refractivity contribution in [2.24, 2.45) is 0 Å². The molecular formula is C17H22N2O. The van der Waals surface area contributed by atoms with Crippen LogP contribution in [0.3, 0.4) is 0 Å². The van der Waals surface area contributed by atoms with Crippen molar-refractivity contribution in [1.82, 2.24) is 5.32 Å². The molecule has 2 aromatic rings. The van der Waals surface area contributed by atoms with Crippen LogP contribution in [0, 0.1) is 0 Å². The number of hydrogen-bond acceptors (Lipinski definition) is 3. The number of nitrogens with one attached hydrogen (secondary N) is 1. The van der Waals surface area contributed by atoms with Crippen molar-refractivity contribution in [2.75, 3.05) is 25.6 Å². The van der Waals surface area contributed by atoms with Gasteiger partial charge in [0.05, 0.1) is 12.6 Å². The van der Waals surface area contributed by atoms with Crippen molar-refractivity contribution in [3.8, 4) is 0 Å². The van der Waals surface area contributed by atoms with Crippen molar-refractivity contribution >= 4 is 5.69 Å². The molecule has 1 unspecified atom stereocenters. The summed E-state index contributed by atoms with van der Waals surface area (Å²) in [5.41, 5.74) is 3.51. The number of rotatable bonds is 6. The molecule has 0 radical (unpaired) electrons. The summed E-state index contributed by atoms with van der Waals surface area (Å²) in [5, 5.41) is 12.9. The average Bonchev–Trinajstić information content (AvgIpc) is 2.49. The summed E-state index contributed by atoms with van der Waals surface area (Å²) in [5.74, 6) is 0. The Kier molecular flexibility index (Phi) is 5.16. The van der Waals surface area contributed by atoms with Gasteiger partial charge in [-0.1, -0.05) is 42.5 Å². The Hall–Kier alpha value is -1.84. The van der Waals surface area contributed by atoms with E-state index in [0.29, 0.717) is 0 Å². The molecule has 0 fully saturated rings. The predicted octanol–water partition coefficient (Wildman–Crippen LogP) is 2.58. The molecule has 0 aromatic heterocycles. The molecule has 0 spiro atoms. The summed E-state index contributed by atoms with van der Waals surface area (Å²) >= 11 is 0. The van der Waals surface area contributed by atoms with E-state index < -0.39 is 0 Å². The van der Waals surface area contributed by atoms with Gasteiger partial charge in [0.1, 0.15) is 0 Å². The Morgan fingerprint density at radius 1 is 1.00 bits per heavy atom. The van der Waals surface area contributed by atoms with E-state index >= 15 is 0 Å². The van der Waals surface area contributed by atoms with Gasteiger partial charge in [-0.15, -0.1) is 0 Å². The zero-order valence-corrected chi connectivity index (χ0v) is 12.1. The van der Waals surface area contributed by atoms with Crippen molar-refractivity contribution in [3.05, 3.63) is 65.7 Å². The number of nitrogens with zero attached hydrogens (tertiary/aromatic N) is 1. The zero-order chi connectivity index (χ0) is 14.4. The van der Waals surface area contributed by atoms with Crippen LogP contribution in [0.15, 0.2) is 54.6 Å². The minimum atomic E-state index is -0.0234. The maximum absolute atomic E-state index is 9.51. The molecule has 0 aliphatic rings. The van der Waals surface area contributed by atoms with Crippen LogP contribution in [0.25, 0.3) is 0 Å². The molecule has 0 bridgehead atoms. The summed E-state index contributed by atoms with van der Waals surface area (Å²) in [6, 6.07) is 18.4. The van der Waals surface area contributed by atoms with Crippen molar-refractivity contribution in [2.45, 2.75) is 12.6 Å². The monoisotopic (exact) mass is 270 g/mol. The Labute approximate surface area is 120 Å². The van der Waals surface area contributed by atoms with E-state index in [-0.39, 0.29) is 12.6 Å². The molecule has 0 heterocycles. The number of aliphatic hydroxyl groups is 1. The Bertz CT molecular complexity index is 508. The number of aliphatic hydroxyl groups excluding tert-OH is 1. The van der Waals surface area contributed by atoms with E-state index in [1.165, 1.54) is 11.3 Å². The van der Waals surface area contributed by atoms with E-state index in [0.717, 1.165) is 12.1 Å². The topological polar surface area (TPSA) is 35.5 Å². The number of hydrogen-bond donors (Lipinski definition) is 2. The molecule has 2 aromatic carbocycles. The van der Waals surface area contributed by atoms with Gasteiger partial charge in [0.2, 0.25) is 0 Å². The number of anilines is 1. The summed E-state index contributed by atoms with van der Waals surface area (Å²) in [6.45, 7) is 0.841. The summed E-state index contributed by atoms with van der Waals surface area (Å²) < 4.78 is 0. The summed E-state index contributed by atoms with van der Waals surface area (Å²) in [6.07, 6.45) is 0. The first kappa shape index (κ1) is 14.6. The van der Waals surface area contributed by atoms with Crippen LogP contribution in [-0.2, 0) is 6.54 Å². The van der Waals surface area contributed by atoms with Gasteiger partial charge in [0, 0.05) is 26.3 Å². The van der Waals surface area contributed by atoms with Crippen molar-refractivity contribution < 1.29 is 5.11 Å². The van der Waals surface area contributed by atoms with Crippen molar-refractivity contribution in [1.29, 1.82) is 0 Å². The highest BCUT2D eigenvalue weighted by molar-refractivity contribution is 5.45. The van der Waals surface area contributed by atoms with Gasteiger partial charge >= 0.3 is 0 Å². The third-order valence-corrected chi connectivity index (χ3v) is 3.39. The highest BCUT2D eigenvalue weighted by Gasteiger charge is 2.08. The van der Waals surface area contributed by atoms with Crippen LogP contribution in [0.2, 0.25) is 0 Å². The molecule has 2 rings (SSSR count). The van der Waals surface area contributed by atoms with E-state index in [4.69, 9.17) is 0 Å². The lowest BCUT2D eigenvalue weighted by molar-refractivity contribution is 0.243. The molecule has 106 valence electrons. The minimum Gasteiger partial charge on any atom is -0.394 e. The van der Waals surface area contributed by atoms with Gasteiger partial charge in [0.15, 0.2) is 0 Å². The van der Waals surface area contributed by atoms with Crippen LogP contribution < -0.4 is 10.2 Å². The van der Waals surface area contributed by atoms with Crippen LogP contribution in [-0.4, -0.2) is 25.8 Å². The molecule has 3 nitrogen and oxygen atoms in total. The van der Waals surface area contributed by atoms with E-state index in [2.05, 4.69) is 34.5 Å². The lowest BCUT2D eigenvalue weighted by atomic mass is 10.1. The second kappa shape index (κ2) is 7.08. The fraction of sp³-hybridized carbons (Fsp3) is 0.294. The first-order valence-electron chi connectivity index (χ1n) is 6.86. The smallest absolute Gasteiger partial charge is 0.0626 e. The van der Waals surface area contributed by atoms with Crippen LogP contribution in [0.1, 0.15) is 17.2 Å². The fourth-order valence-electron chi connectivity index (χ4n) is 2.13. The molecule has 2 N–H and O–H groups in total. The average molecular weight is 270 g/mol. The first-order valence-corrected chi connectivity index (χ1v) is 6.86. The van der Waals surface area contributed by atoms with Gasteiger partial charge in [-0.3, -0.25) is 0 Å². The predicted molar refractivity (Wildman–Crippen MR) is 83.9 cm³/mol. The molecule has 0 amide bonds. The first-order chi connectivity index (χ1) is 9.70. The zero-order valence-electron chi connectivity index (χ0n) is 12.1. The summed E-state index contributed by atoms with van der Waals surface area (Å²) in [4.78, 5) is 2.08. The maximum Gasteiger partial charge on any atom is 0.0626 e. The van der Waals surface area contributed by atoms with Gasteiger partial charge in [-0.25, -0.2) is 0 Å². The quantitative estimate of drug-likeness (QED) is 0.847. The van der Waals surface area contributed by atoms with Crippen molar-refractivity contribution in [3.63, 3.8) is 0 Å². The molecule has 0 saturated heterocycles. The lowest BCUT2D eigenvalue weighted by Crippen LogP contribution is -2.23. The molecule has 0 aliphatic carbocycles. The fourth-order valence-corrected chi connectivity index (χ4v) is 2.13. The Balaban J connectivity index is 1.96. The Morgan fingerprint density at radius 3 is 2.20 bits per heavy atom. The second-order valence-corrected chi connectivity index (χ2v) is 5.09. The van der Waals surface area contributed by atoms with Gasteiger partial charge in [0.25, 0.3) is 0 Å². The number of benzene rings is 2. The van der Waals surface area contributed by atoms with Crippen LogP contribution in [0.4, 0.5) is 5.69 Å². The van der Waals surface area contributed by atoms with Gasteiger partial charge in [-0.2, -0.15) is 0 Å². The lowest BCUT2D eigenvalue weighted by Gasteiger charge is -2.17. The third-order valence-electron chi connectivity index (χ3n) is 3.39. The highest BCUT2D eigenvalue weighted by Crippen LogP contribution is 2.15. The van der Waals surface area contributed by atoms with E-state index in [1.807, 2.05) is 44.4 Å². The van der Waals surface area contributed by atoms with Gasteiger partial charge < -0.3 is 15.3 Å². The van der Waals surface area contributed by atoms with Crippen LogP contribution in [0.5, 0.6) is 0 Å². The van der Waals surface area contributed by atoms with E-state index in [1.54, 1.807) is 0 Å². The minimum absolute atomic E-state index is 0.0234. The summed E-state index contributed by atoms with van der Waals surface area (Å²) in [7, 11) is 4.06. The molecule has 0 aliphatic heterocycles. The normalized spacial score (nSPS) is 12.2. The molecule has 0 saturated carbocycles. The highest BCUT2D eigenvalue weighted by atomic mass is 16.3. The largest absolute Gasteiger partial charge is 0.394 e. The Morgan fingerprint density at radius 2 is 1.65 bits per heavy atom. The SMILES string of the molecule is CN(C)c1ccc(CNC(CO)c2ccccc2)cc1. The molecule has 3 heteroatoms. The van der Waals surface area contributed by atoms with Crippen LogP contribution >= 0.6 is 0 Å². The third kappa shape index (κ3) is 3.83.